The number of ether oxygens (including phenoxy) is 1. The highest BCUT2D eigenvalue weighted by Gasteiger charge is 2.32. The number of nitrogens with two attached hydrogens (primary N) is 1. The second kappa shape index (κ2) is 5.93. The maximum atomic E-state index is 12.7. The van der Waals surface area contributed by atoms with Crippen LogP contribution in [0.3, 0.4) is 0 Å². The fraction of sp³-hybridized carbons (Fsp3) is 0.562. The molecule has 1 aromatic carbocycles. The third-order valence-electron chi connectivity index (χ3n) is 4.60. The lowest BCUT2D eigenvalue weighted by atomic mass is 10.1. The van der Waals surface area contributed by atoms with Crippen molar-refractivity contribution in [2.75, 3.05) is 39.0 Å². The van der Waals surface area contributed by atoms with Crippen LogP contribution in [0.2, 0.25) is 0 Å². The van der Waals surface area contributed by atoms with Gasteiger partial charge < -0.3 is 15.4 Å². The Labute approximate surface area is 125 Å². The molecule has 1 aromatic rings. The fourth-order valence-electron chi connectivity index (χ4n) is 3.35. The van der Waals surface area contributed by atoms with Gasteiger partial charge in [-0.2, -0.15) is 0 Å². The SMILES string of the molecule is COc1ccc(N)c(C(=O)N2CCC(N3CCCC3)C2)c1. The Morgan fingerprint density at radius 2 is 2.05 bits per heavy atom. The molecule has 0 spiro atoms. The third kappa shape index (κ3) is 2.83. The summed E-state index contributed by atoms with van der Waals surface area (Å²) in [6.07, 6.45) is 3.64. The molecule has 2 fully saturated rings. The molecule has 0 bridgehead atoms. The summed E-state index contributed by atoms with van der Waals surface area (Å²) in [6.45, 7) is 3.98. The zero-order chi connectivity index (χ0) is 14.8. The van der Waals surface area contributed by atoms with E-state index in [1.807, 2.05) is 4.90 Å². The van der Waals surface area contributed by atoms with E-state index < -0.39 is 0 Å². The van der Waals surface area contributed by atoms with Gasteiger partial charge in [0, 0.05) is 24.8 Å². The molecule has 0 aliphatic carbocycles. The van der Waals surface area contributed by atoms with Gasteiger partial charge in [-0.15, -0.1) is 0 Å². The molecule has 0 saturated carbocycles. The lowest BCUT2D eigenvalue weighted by Gasteiger charge is -2.24. The van der Waals surface area contributed by atoms with Crippen molar-refractivity contribution in [2.24, 2.45) is 0 Å². The molecule has 2 aliphatic heterocycles. The highest BCUT2D eigenvalue weighted by atomic mass is 16.5. The highest BCUT2D eigenvalue weighted by molar-refractivity contribution is 5.99. The number of carbonyl (C=O) groups is 1. The predicted molar refractivity (Wildman–Crippen MR) is 82.5 cm³/mol. The first-order valence-corrected chi connectivity index (χ1v) is 7.66. The largest absolute Gasteiger partial charge is 0.497 e. The summed E-state index contributed by atoms with van der Waals surface area (Å²) >= 11 is 0. The van der Waals surface area contributed by atoms with Crippen LogP contribution < -0.4 is 10.5 Å². The maximum absolute atomic E-state index is 12.7. The van der Waals surface area contributed by atoms with Gasteiger partial charge >= 0.3 is 0 Å². The van der Waals surface area contributed by atoms with Crippen LogP contribution in [0, 0.1) is 0 Å². The molecular formula is C16H23N3O2. The number of nitrogen functional groups attached to an aromatic ring is 1. The highest BCUT2D eigenvalue weighted by Crippen LogP contribution is 2.25. The maximum Gasteiger partial charge on any atom is 0.256 e. The van der Waals surface area contributed by atoms with Crippen LogP contribution in [0.15, 0.2) is 18.2 Å². The van der Waals surface area contributed by atoms with Crippen LogP contribution in [-0.4, -0.2) is 55.0 Å². The first-order chi connectivity index (χ1) is 10.2. The van der Waals surface area contributed by atoms with Crippen molar-refractivity contribution in [3.8, 4) is 5.75 Å². The molecule has 2 N–H and O–H groups in total. The topological polar surface area (TPSA) is 58.8 Å². The monoisotopic (exact) mass is 289 g/mol. The first kappa shape index (κ1) is 14.2. The van der Waals surface area contributed by atoms with Gasteiger partial charge in [-0.25, -0.2) is 0 Å². The zero-order valence-corrected chi connectivity index (χ0v) is 12.5. The summed E-state index contributed by atoms with van der Waals surface area (Å²) < 4.78 is 5.19. The summed E-state index contributed by atoms with van der Waals surface area (Å²) in [5.74, 6) is 0.691. The van der Waals surface area contributed by atoms with E-state index in [0.29, 0.717) is 23.0 Å². The van der Waals surface area contributed by atoms with Gasteiger partial charge in [0.1, 0.15) is 5.75 Å². The van der Waals surface area contributed by atoms with Gasteiger partial charge in [0.05, 0.1) is 12.7 Å². The number of benzene rings is 1. The number of methoxy groups -OCH3 is 1. The number of anilines is 1. The van der Waals surface area contributed by atoms with Gasteiger partial charge in [0.2, 0.25) is 0 Å². The Morgan fingerprint density at radius 1 is 1.29 bits per heavy atom. The number of nitrogens with zero attached hydrogens (tertiary/aromatic N) is 2. The Balaban J connectivity index is 1.71. The van der Waals surface area contributed by atoms with Crippen molar-refractivity contribution in [3.05, 3.63) is 23.8 Å². The van der Waals surface area contributed by atoms with E-state index in [2.05, 4.69) is 4.90 Å². The molecule has 5 nitrogen and oxygen atoms in total. The summed E-state index contributed by atoms with van der Waals surface area (Å²) in [5, 5.41) is 0. The predicted octanol–water partition coefficient (Wildman–Crippen LogP) is 1.59. The number of hydrogen-bond acceptors (Lipinski definition) is 4. The summed E-state index contributed by atoms with van der Waals surface area (Å²) in [7, 11) is 1.60. The first-order valence-electron chi connectivity index (χ1n) is 7.66. The minimum atomic E-state index is 0.0214. The minimum absolute atomic E-state index is 0.0214. The molecule has 3 rings (SSSR count). The van der Waals surface area contributed by atoms with E-state index >= 15 is 0 Å². The summed E-state index contributed by atoms with van der Waals surface area (Å²) in [6, 6.07) is 5.77. The molecule has 1 atom stereocenters. The van der Waals surface area contributed by atoms with Crippen LogP contribution in [0.5, 0.6) is 5.75 Å². The van der Waals surface area contributed by atoms with E-state index in [9.17, 15) is 4.79 Å². The van der Waals surface area contributed by atoms with E-state index in [1.54, 1.807) is 25.3 Å². The van der Waals surface area contributed by atoms with Gasteiger partial charge in [-0.3, -0.25) is 9.69 Å². The minimum Gasteiger partial charge on any atom is -0.497 e. The van der Waals surface area contributed by atoms with Crippen LogP contribution in [0.25, 0.3) is 0 Å². The Bertz CT molecular complexity index is 526. The number of amides is 1. The molecule has 21 heavy (non-hydrogen) atoms. The van der Waals surface area contributed by atoms with E-state index in [1.165, 1.54) is 25.9 Å². The average Bonchev–Trinajstić information content (AvgIpc) is 3.18. The Hall–Kier alpha value is -1.75. The van der Waals surface area contributed by atoms with E-state index in [4.69, 9.17) is 10.5 Å². The molecular weight excluding hydrogens is 266 g/mol. The molecule has 2 heterocycles. The van der Waals surface area contributed by atoms with Crippen LogP contribution in [0.4, 0.5) is 5.69 Å². The van der Waals surface area contributed by atoms with E-state index in [0.717, 1.165) is 19.5 Å². The third-order valence-corrected chi connectivity index (χ3v) is 4.60. The standard InChI is InChI=1S/C16H23N3O2/c1-21-13-4-5-15(17)14(10-13)16(20)19-9-6-12(11-19)18-7-2-3-8-18/h4-5,10,12H,2-3,6-9,11,17H2,1H3. The number of rotatable bonds is 3. The molecule has 2 saturated heterocycles. The van der Waals surface area contributed by atoms with Crippen molar-refractivity contribution in [2.45, 2.75) is 25.3 Å². The Kier molecular flexibility index (Phi) is 4.01. The van der Waals surface area contributed by atoms with Gasteiger partial charge in [-0.1, -0.05) is 0 Å². The van der Waals surface area contributed by atoms with Crippen LogP contribution >= 0.6 is 0 Å². The Morgan fingerprint density at radius 3 is 2.76 bits per heavy atom. The smallest absolute Gasteiger partial charge is 0.256 e. The van der Waals surface area contributed by atoms with Gasteiger partial charge in [0.15, 0.2) is 0 Å². The van der Waals surface area contributed by atoms with Crippen molar-refractivity contribution in [1.82, 2.24) is 9.80 Å². The quantitative estimate of drug-likeness (QED) is 0.859. The normalized spacial score (nSPS) is 22.7. The molecule has 1 amide bonds. The van der Waals surface area contributed by atoms with Crippen molar-refractivity contribution < 1.29 is 9.53 Å². The lowest BCUT2D eigenvalue weighted by Crippen LogP contribution is -2.37. The second-order valence-electron chi connectivity index (χ2n) is 5.89. The van der Waals surface area contributed by atoms with Crippen LogP contribution in [0.1, 0.15) is 29.6 Å². The van der Waals surface area contributed by atoms with Crippen LogP contribution in [-0.2, 0) is 0 Å². The van der Waals surface area contributed by atoms with Crippen molar-refractivity contribution in [1.29, 1.82) is 0 Å². The van der Waals surface area contributed by atoms with Crippen molar-refractivity contribution in [3.63, 3.8) is 0 Å². The summed E-state index contributed by atoms with van der Waals surface area (Å²) in [5.41, 5.74) is 7.03. The number of hydrogen-bond donors (Lipinski definition) is 1. The molecule has 5 heteroatoms. The van der Waals surface area contributed by atoms with E-state index in [-0.39, 0.29) is 5.91 Å². The zero-order valence-electron chi connectivity index (χ0n) is 12.5. The lowest BCUT2D eigenvalue weighted by molar-refractivity contribution is 0.0780. The molecule has 0 aromatic heterocycles. The second-order valence-corrected chi connectivity index (χ2v) is 5.89. The van der Waals surface area contributed by atoms with Crippen molar-refractivity contribution >= 4 is 11.6 Å². The van der Waals surface area contributed by atoms with Gasteiger partial charge in [-0.05, 0) is 50.6 Å². The molecule has 2 aliphatic rings. The number of carbonyl (C=O) groups excluding carboxylic acids is 1. The molecule has 1 unspecified atom stereocenters. The summed E-state index contributed by atoms with van der Waals surface area (Å²) in [4.78, 5) is 17.1. The average molecular weight is 289 g/mol. The number of likely N-dealkylation sites (tertiary alicyclic amines) is 2. The molecule has 0 radical (unpaired) electrons. The molecule has 114 valence electrons. The van der Waals surface area contributed by atoms with Gasteiger partial charge in [0.25, 0.3) is 5.91 Å². The fourth-order valence-corrected chi connectivity index (χ4v) is 3.35.